The fourth-order valence-electron chi connectivity index (χ4n) is 3.64. The van der Waals surface area contributed by atoms with Crippen LogP contribution in [0.4, 0.5) is 0 Å². The summed E-state index contributed by atoms with van der Waals surface area (Å²) in [5.41, 5.74) is 4.03. The van der Waals surface area contributed by atoms with Crippen LogP contribution < -0.4 is 4.74 Å². The van der Waals surface area contributed by atoms with E-state index in [9.17, 15) is 0 Å². The number of aryl methyl sites for hydroxylation is 1. The first kappa shape index (κ1) is 18.8. The number of aromatic nitrogens is 5. The molecule has 0 spiro atoms. The van der Waals surface area contributed by atoms with Gasteiger partial charge in [0.1, 0.15) is 23.1 Å². The molecular weight excluding hydrogens is 386 g/mol. The molecule has 5 aromatic rings. The second-order valence-corrected chi connectivity index (χ2v) is 7.29. The van der Waals surface area contributed by atoms with Crippen molar-refractivity contribution in [1.29, 1.82) is 0 Å². The molecular formula is C25H21N5O. The molecule has 2 aromatic carbocycles. The Balaban J connectivity index is 1.43. The maximum Gasteiger partial charge on any atom is 0.140 e. The van der Waals surface area contributed by atoms with Crippen LogP contribution in [0.25, 0.3) is 34.0 Å². The highest BCUT2D eigenvalue weighted by atomic mass is 16.5. The molecule has 0 saturated heterocycles. The molecule has 0 fully saturated rings. The Morgan fingerprint density at radius 2 is 1.42 bits per heavy atom. The van der Waals surface area contributed by atoms with E-state index in [0.717, 1.165) is 45.5 Å². The van der Waals surface area contributed by atoms with Gasteiger partial charge in [-0.15, -0.1) is 0 Å². The lowest BCUT2D eigenvalue weighted by Gasteiger charge is -2.10. The largest absolute Gasteiger partial charge is 0.457 e. The van der Waals surface area contributed by atoms with E-state index < -0.39 is 0 Å². The number of ether oxygens (including phenoxy) is 1. The van der Waals surface area contributed by atoms with Gasteiger partial charge in [-0.2, -0.15) is 0 Å². The van der Waals surface area contributed by atoms with Gasteiger partial charge >= 0.3 is 0 Å². The minimum atomic E-state index is 0.750. The molecule has 6 nitrogen and oxygen atoms in total. The van der Waals surface area contributed by atoms with Crippen molar-refractivity contribution in [2.24, 2.45) is 14.1 Å². The van der Waals surface area contributed by atoms with Gasteiger partial charge in [0.2, 0.25) is 0 Å². The van der Waals surface area contributed by atoms with Crippen molar-refractivity contribution in [2.75, 3.05) is 0 Å². The van der Waals surface area contributed by atoms with Crippen molar-refractivity contribution in [3.8, 4) is 45.5 Å². The summed E-state index contributed by atoms with van der Waals surface area (Å²) in [7, 11) is 3.99. The van der Waals surface area contributed by atoms with Gasteiger partial charge in [-0.05, 0) is 36.4 Å². The Kier molecular flexibility index (Phi) is 4.80. The summed E-state index contributed by atoms with van der Waals surface area (Å²) >= 11 is 0. The van der Waals surface area contributed by atoms with Gasteiger partial charge in [0.15, 0.2) is 0 Å². The van der Waals surface area contributed by atoms with Gasteiger partial charge in [-0.1, -0.05) is 24.3 Å². The first-order chi connectivity index (χ1) is 15.2. The minimum Gasteiger partial charge on any atom is -0.457 e. The maximum absolute atomic E-state index is 6.17. The topological polar surface area (TPSA) is 57.8 Å². The molecule has 152 valence electrons. The molecule has 0 amide bonds. The number of hydrogen-bond donors (Lipinski definition) is 0. The van der Waals surface area contributed by atoms with E-state index in [1.807, 2.05) is 97.9 Å². The van der Waals surface area contributed by atoms with Gasteiger partial charge in [0, 0.05) is 55.6 Å². The quantitative estimate of drug-likeness (QED) is 0.394. The lowest BCUT2D eigenvalue weighted by atomic mass is 10.2. The van der Waals surface area contributed by atoms with Gasteiger partial charge in [0.25, 0.3) is 0 Å². The summed E-state index contributed by atoms with van der Waals surface area (Å²) in [4.78, 5) is 13.3. The van der Waals surface area contributed by atoms with Crippen molar-refractivity contribution in [1.82, 2.24) is 24.1 Å². The molecule has 3 heterocycles. The summed E-state index contributed by atoms with van der Waals surface area (Å²) in [5, 5.41) is 0. The zero-order valence-electron chi connectivity index (χ0n) is 17.3. The molecule has 0 saturated carbocycles. The van der Waals surface area contributed by atoms with Gasteiger partial charge < -0.3 is 13.9 Å². The molecule has 31 heavy (non-hydrogen) atoms. The van der Waals surface area contributed by atoms with Crippen molar-refractivity contribution >= 4 is 0 Å². The van der Waals surface area contributed by atoms with Gasteiger partial charge in [-0.25, -0.2) is 9.97 Å². The zero-order valence-corrected chi connectivity index (χ0v) is 17.3. The number of nitrogens with zero attached hydrogens (tertiary/aromatic N) is 5. The van der Waals surface area contributed by atoms with E-state index in [4.69, 9.17) is 4.74 Å². The highest BCUT2D eigenvalue weighted by Crippen LogP contribution is 2.30. The summed E-state index contributed by atoms with van der Waals surface area (Å²) in [5.74, 6) is 3.27. The Morgan fingerprint density at radius 3 is 2.06 bits per heavy atom. The number of rotatable bonds is 5. The first-order valence-corrected chi connectivity index (χ1v) is 9.97. The van der Waals surface area contributed by atoms with Crippen molar-refractivity contribution < 1.29 is 4.74 Å². The highest BCUT2D eigenvalue weighted by Gasteiger charge is 2.12. The third-order valence-electron chi connectivity index (χ3n) is 5.19. The molecule has 5 rings (SSSR count). The smallest absolute Gasteiger partial charge is 0.140 e. The number of hydrogen-bond acceptors (Lipinski definition) is 4. The summed E-state index contributed by atoms with van der Waals surface area (Å²) < 4.78 is 10.2. The minimum absolute atomic E-state index is 0.750. The molecule has 0 aliphatic rings. The molecule has 0 atom stereocenters. The van der Waals surface area contributed by atoms with E-state index >= 15 is 0 Å². The monoisotopic (exact) mass is 407 g/mol. The van der Waals surface area contributed by atoms with Crippen LogP contribution in [0, 0.1) is 0 Å². The third kappa shape index (κ3) is 3.71. The van der Waals surface area contributed by atoms with Crippen LogP contribution in [0.15, 0.2) is 91.6 Å². The molecule has 0 aliphatic heterocycles. The second kappa shape index (κ2) is 7.91. The van der Waals surface area contributed by atoms with E-state index in [-0.39, 0.29) is 0 Å². The van der Waals surface area contributed by atoms with Crippen LogP contribution in [0.2, 0.25) is 0 Å². The normalized spacial score (nSPS) is 10.9. The molecule has 0 radical (unpaired) electrons. The van der Waals surface area contributed by atoms with Crippen molar-refractivity contribution in [3.63, 3.8) is 0 Å². The lowest BCUT2D eigenvalue weighted by Crippen LogP contribution is -1.96. The average molecular weight is 407 g/mol. The number of pyridine rings is 1. The molecule has 0 aliphatic carbocycles. The Hall–Kier alpha value is -4.19. The van der Waals surface area contributed by atoms with E-state index in [0.29, 0.717) is 0 Å². The summed E-state index contributed by atoms with van der Waals surface area (Å²) in [6.45, 7) is 0. The average Bonchev–Trinajstić information content (AvgIpc) is 3.40. The van der Waals surface area contributed by atoms with E-state index in [2.05, 4.69) is 19.5 Å². The van der Waals surface area contributed by atoms with Crippen LogP contribution >= 0.6 is 0 Å². The van der Waals surface area contributed by atoms with Crippen LogP contribution in [0.3, 0.4) is 0 Å². The predicted octanol–water partition coefficient (Wildman–Crippen LogP) is 5.34. The molecule has 0 N–H and O–H groups in total. The van der Waals surface area contributed by atoms with Crippen LogP contribution in [0.5, 0.6) is 11.5 Å². The Morgan fingerprint density at radius 1 is 0.710 bits per heavy atom. The zero-order chi connectivity index (χ0) is 21.2. The van der Waals surface area contributed by atoms with Crippen LogP contribution in [-0.4, -0.2) is 24.1 Å². The molecule has 6 heteroatoms. The van der Waals surface area contributed by atoms with Crippen molar-refractivity contribution in [3.05, 3.63) is 91.6 Å². The number of benzene rings is 2. The predicted molar refractivity (Wildman–Crippen MR) is 121 cm³/mol. The lowest BCUT2D eigenvalue weighted by molar-refractivity contribution is 0.483. The molecule has 0 bridgehead atoms. The van der Waals surface area contributed by atoms with Gasteiger partial charge in [-0.3, -0.25) is 4.98 Å². The van der Waals surface area contributed by atoms with E-state index in [1.165, 1.54) is 0 Å². The Labute approximate surface area is 180 Å². The van der Waals surface area contributed by atoms with Gasteiger partial charge in [0.05, 0.1) is 11.9 Å². The van der Waals surface area contributed by atoms with Crippen LogP contribution in [0.1, 0.15) is 0 Å². The third-order valence-corrected chi connectivity index (χ3v) is 5.19. The van der Waals surface area contributed by atoms with E-state index in [1.54, 1.807) is 12.4 Å². The Bertz CT molecular complexity index is 1340. The first-order valence-electron chi connectivity index (χ1n) is 9.97. The summed E-state index contributed by atoms with van der Waals surface area (Å²) in [6, 6.07) is 19.9. The fourth-order valence-corrected chi connectivity index (χ4v) is 3.64. The SMILES string of the molecule is Cn1ccnc1-c1cccc(Oc2cccc(-c3ncc(-c4cccnc4)n3C)c2)c1. The second-order valence-electron chi connectivity index (χ2n) is 7.29. The van der Waals surface area contributed by atoms with Crippen molar-refractivity contribution in [2.45, 2.75) is 0 Å². The highest BCUT2D eigenvalue weighted by molar-refractivity contribution is 5.66. The molecule has 3 aromatic heterocycles. The maximum atomic E-state index is 6.17. The number of imidazole rings is 2. The molecule has 0 unspecified atom stereocenters. The standard InChI is InChI=1S/C25H21N5O/c1-29-13-12-27-24(29)18-6-3-9-21(14-18)31-22-10-4-7-19(15-22)25-28-17-23(30(25)2)20-8-5-11-26-16-20/h3-17H,1-2H3. The van der Waals surface area contributed by atoms with Crippen LogP contribution in [-0.2, 0) is 14.1 Å². The summed E-state index contributed by atoms with van der Waals surface area (Å²) in [6.07, 6.45) is 9.20. The fraction of sp³-hybridized carbons (Fsp3) is 0.0800.